The fourth-order valence-corrected chi connectivity index (χ4v) is 3.07. The number of aromatic nitrogens is 1. The molecule has 2 rings (SSSR count). The summed E-state index contributed by atoms with van der Waals surface area (Å²) in [4.78, 5) is 4.24. The minimum absolute atomic E-state index is 0.221. The van der Waals surface area contributed by atoms with Crippen LogP contribution < -0.4 is 10.0 Å². The lowest BCUT2D eigenvalue weighted by Crippen LogP contribution is -2.24. The van der Waals surface area contributed by atoms with Crippen LogP contribution >= 0.6 is 0 Å². The summed E-state index contributed by atoms with van der Waals surface area (Å²) >= 11 is 0. The van der Waals surface area contributed by atoms with E-state index in [1.807, 2.05) is 19.1 Å². The van der Waals surface area contributed by atoms with Gasteiger partial charge in [0.2, 0.25) is 10.0 Å². The normalized spacial score (nSPS) is 11.3. The molecule has 1 aromatic heterocycles. The van der Waals surface area contributed by atoms with Crippen molar-refractivity contribution in [2.75, 3.05) is 11.9 Å². The van der Waals surface area contributed by atoms with Gasteiger partial charge in [-0.15, -0.1) is 0 Å². The van der Waals surface area contributed by atoms with Gasteiger partial charge in [-0.05, 0) is 30.2 Å². The number of para-hydroxylation sites is 1. The molecule has 0 atom stereocenters. The van der Waals surface area contributed by atoms with E-state index in [2.05, 4.69) is 15.0 Å². The zero-order valence-corrected chi connectivity index (χ0v) is 12.7. The first-order valence-corrected chi connectivity index (χ1v) is 8.33. The van der Waals surface area contributed by atoms with Gasteiger partial charge in [-0.3, -0.25) is 4.98 Å². The van der Waals surface area contributed by atoms with E-state index in [0.29, 0.717) is 5.69 Å². The molecule has 0 aliphatic carbocycles. The Bertz CT molecular complexity index is 672. The maximum atomic E-state index is 12.4. The summed E-state index contributed by atoms with van der Waals surface area (Å²) in [6.45, 7) is 2.98. The molecule has 2 N–H and O–H groups in total. The van der Waals surface area contributed by atoms with Gasteiger partial charge in [0.1, 0.15) is 4.90 Å². The van der Waals surface area contributed by atoms with Crippen LogP contribution in [0.5, 0.6) is 0 Å². The molecular weight excluding hydrogens is 286 g/mol. The molecule has 0 radical (unpaired) electrons. The largest absolute Gasteiger partial charge is 0.384 e. The predicted molar refractivity (Wildman–Crippen MR) is 83.5 cm³/mol. The molecule has 2 aromatic rings. The summed E-state index contributed by atoms with van der Waals surface area (Å²) in [5, 5.41) is 3.14. The van der Waals surface area contributed by atoms with E-state index in [9.17, 15) is 8.42 Å². The molecule has 0 aliphatic heterocycles. The Labute approximate surface area is 125 Å². The number of nitrogens with one attached hydrogen (secondary N) is 2. The highest BCUT2D eigenvalue weighted by Crippen LogP contribution is 2.20. The van der Waals surface area contributed by atoms with Crippen LogP contribution in [-0.2, 0) is 16.6 Å². The van der Waals surface area contributed by atoms with Crippen molar-refractivity contribution in [2.45, 2.75) is 24.8 Å². The van der Waals surface area contributed by atoms with Crippen molar-refractivity contribution in [3.63, 3.8) is 0 Å². The Morgan fingerprint density at radius 2 is 1.95 bits per heavy atom. The maximum absolute atomic E-state index is 12.4. The Kier molecular flexibility index (Phi) is 5.30. The van der Waals surface area contributed by atoms with Crippen LogP contribution in [0.2, 0.25) is 0 Å². The molecule has 0 spiro atoms. The van der Waals surface area contributed by atoms with E-state index in [1.54, 1.807) is 36.7 Å². The van der Waals surface area contributed by atoms with Crippen molar-refractivity contribution < 1.29 is 8.42 Å². The number of pyridine rings is 1. The maximum Gasteiger partial charge on any atom is 0.242 e. The van der Waals surface area contributed by atoms with Crippen LogP contribution in [-0.4, -0.2) is 19.9 Å². The van der Waals surface area contributed by atoms with Gasteiger partial charge in [0, 0.05) is 25.5 Å². The number of hydrogen-bond donors (Lipinski definition) is 2. The average molecular weight is 305 g/mol. The Balaban J connectivity index is 2.15. The highest BCUT2D eigenvalue weighted by atomic mass is 32.2. The van der Waals surface area contributed by atoms with E-state index in [4.69, 9.17) is 0 Å². The Hall–Kier alpha value is -1.92. The highest BCUT2D eigenvalue weighted by molar-refractivity contribution is 7.89. The fourth-order valence-electron chi connectivity index (χ4n) is 1.87. The number of sulfonamides is 1. The molecular formula is C15H19N3O2S. The van der Waals surface area contributed by atoms with Crippen LogP contribution in [0.15, 0.2) is 53.7 Å². The van der Waals surface area contributed by atoms with Gasteiger partial charge >= 0.3 is 0 Å². The minimum Gasteiger partial charge on any atom is -0.384 e. The van der Waals surface area contributed by atoms with Gasteiger partial charge in [0.15, 0.2) is 0 Å². The molecule has 0 fully saturated rings. The quantitative estimate of drug-likeness (QED) is 0.824. The topological polar surface area (TPSA) is 71.1 Å². The summed E-state index contributed by atoms with van der Waals surface area (Å²) in [5.41, 5.74) is 1.44. The Morgan fingerprint density at radius 3 is 2.67 bits per heavy atom. The second kappa shape index (κ2) is 7.19. The van der Waals surface area contributed by atoms with Crippen LogP contribution in [0.25, 0.3) is 0 Å². The lowest BCUT2D eigenvalue weighted by atomic mass is 10.3. The van der Waals surface area contributed by atoms with Crippen LogP contribution in [0.4, 0.5) is 5.69 Å². The van der Waals surface area contributed by atoms with E-state index >= 15 is 0 Å². The van der Waals surface area contributed by atoms with Gasteiger partial charge in [-0.25, -0.2) is 13.1 Å². The molecule has 0 aliphatic rings. The zero-order valence-electron chi connectivity index (χ0n) is 11.9. The molecule has 0 saturated heterocycles. The molecule has 0 saturated carbocycles. The molecule has 6 heteroatoms. The molecule has 0 unspecified atom stereocenters. The second-order valence-electron chi connectivity index (χ2n) is 4.61. The van der Waals surface area contributed by atoms with Crippen molar-refractivity contribution in [1.29, 1.82) is 0 Å². The SMILES string of the molecule is CCCNc1ccccc1S(=O)(=O)NCc1cccnc1. The second-order valence-corrected chi connectivity index (χ2v) is 6.34. The molecule has 0 bridgehead atoms. The van der Waals surface area contributed by atoms with Crippen molar-refractivity contribution in [3.8, 4) is 0 Å². The van der Waals surface area contributed by atoms with Gasteiger partial charge in [-0.1, -0.05) is 25.1 Å². The van der Waals surface area contributed by atoms with Gasteiger partial charge < -0.3 is 5.32 Å². The molecule has 5 nitrogen and oxygen atoms in total. The van der Waals surface area contributed by atoms with Crippen molar-refractivity contribution in [1.82, 2.24) is 9.71 Å². The van der Waals surface area contributed by atoms with E-state index < -0.39 is 10.0 Å². The third kappa shape index (κ3) is 4.27. The van der Waals surface area contributed by atoms with E-state index in [-0.39, 0.29) is 11.4 Å². The first-order chi connectivity index (χ1) is 10.1. The van der Waals surface area contributed by atoms with Crippen LogP contribution in [0.3, 0.4) is 0 Å². The monoisotopic (exact) mass is 305 g/mol. The van der Waals surface area contributed by atoms with E-state index in [0.717, 1.165) is 18.5 Å². The summed E-state index contributed by atoms with van der Waals surface area (Å²) in [6, 6.07) is 10.5. The van der Waals surface area contributed by atoms with Crippen molar-refractivity contribution in [2.24, 2.45) is 0 Å². The number of anilines is 1. The molecule has 1 aromatic carbocycles. The minimum atomic E-state index is -3.56. The van der Waals surface area contributed by atoms with E-state index in [1.165, 1.54) is 0 Å². The fraction of sp³-hybridized carbons (Fsp3) is 0.267. The lowest BCUT2D eigenvalue weighted by molar-refractivity contribution is 0.581. The average Bonchev–Trinajstić information content (AvgIpc) is 2.52. The number of rotatable bonds is 7. The number of benzene rings is 1. The summed E-state index contributed by atoms with van der Waals surface area (Å²) < 4.78 is 27.4. The van der Waals surface area contributed by atoms with Crippen LogP contribution in [0.1, 0.15) is 18.9 Å². The predicted octanol–water partition coefficient (Wildman–Crippen LogP) is 2.38. The number of nitrogens with zero attached hydrogens (tertiary/aromatic N) is 1. The summed E-state index contributed by atoms with van der Waals surface area (Å²) in [7, 11) is -3.56. The summed E-state index contributed by atoms with van der Waals surface area (Å²) in [6.07, 6.45) is 4.23. The summed E-state index contributed by atoms with van der Waals surface area (Å²) in [5.74, 6) is 0. The van der Waals surface area contributed by atoms with Crippen molar-refractivity contribution in [3.05, 3.63) is 54.4 Å². The highest BCUT2D eigenvalue weighted by Gasteiger charge is 2.17. The third-order valence-electron chi connectivity index (χ3n) is 2.93. The smallest absolute Gasteiger partial charge is 0.242 e. The van der Waals surface area contributed by atoms with Gasteiger partial charge in [0.25, 0.3) is 0 Å². The standard InChI is InChI=1S/C15H19N3O2S/c1-2-9-17-14-7-3-4-8-15(14)21(19,20)18-12-13-6-5-10-16-11-13/h3-8,10-11,17-18H,2,9,12H2,1H3. The molecule has 0 amide bonds. The third-order valence-corrected chi connectivity index (χ3v) is 4.39. The lowest BCUT2D eigenvalue weighted by Gasteiger charge is -2.12. The first-order valence-electron chi connectivity index (χ1n) is 6.85. The van der Waals surface area contributed by atoms with Gasteiger partial charge in [-0.2, -0.15) is 0 Å². The molecule has 112 valence electrons. The molecule has 1 heterocycles. The van der Waals surface area contributed by atoms with Crippen LogP contribution in [0, 0.1) is 0 Å². The first kappa shape index (κ1) is 15.5. The zero-order chi connectivity index (χ0) is 15.1. The van der Waals surface area contributed by atoms with Gasteiger partial charge in [0.05, 0.1) is 5.69 Å². The van der Waals surface area contributed by atoms with Crippen molar-refractivity contribution >= 4 is 15.7 Å². The molecule has 21 heavy (non-hydrogen) atoms. The number of hydrogen-bond acceptors (Lipinski definition) is 4. The Morgan fingerprint density at radius 1 is 1.14 bits per heavy atom.